The van der Waals surface area contributed by atoms with E-state index in [0.717, 1.165) is 12.1 Å². The molecule has 1 unspecified atom stereocenters. The average molecular weight is 431 g/mol. The van der Waals surface area contributed by atoms with E-state index in [2.05, 4.69) is 9.99 Å². The number of hydrogen-bond donors (Lipinski definition) is 1. The van der Waals surface area contributed by atoms with E-state index >= 15 is 0 Å². The van der Waals surface area contributed by atoms with Gasteiger partial charge in [-0.15, -0.1) is 0 Å². The zero-order valence-electron chi connectivity index (χ0n) is 13.1. The Hall–Kier alpha value is -2.12. The van der Waals surface area contributed by atoms with Gasteiger partial charge in [-0.1, -0.05) is 35.5 Å². The molecule has 0 saturated carbocycles. The maximum atomic E-state index is 13.9. The van der Waals surface area contributed by atoms with Crippen LogP contribution in [0.1, 0.15) is 12.0 Å². The van der Waals surface area contributed by atoms with Crippen LogP contribution in [0, 0.1) is 0 Å². The molecule has 0 spiro atoms. The summed E-state index contributed by atoms with van der Waals surface area (Å²) in [5, 5.41) is 12.4. The van der Waals surface area contributed by atoms with E-state index in [-0.39, 0.29) is 5.56 Å². The predicted octanol–water partition coefficient (Wildman–Crippen LogP) is 4.71. The zero-order chi connectivity index (χ0) is 21.8. The monoisotopic (exact) mass is 431 g/mol. The fourth-order valence-electron chi connectivity index (χ4n) is 2.20. The minimum atomic E-state index is -7.56. The first-order valence-corrected chi connectivity index (χ1v) is 7.03. The van der Waals surface area contributed by atoms with Crippen molar-refractivity contribution in [2.24, 2.45) is 5.16 Å². The highest BCUT2D eigenvalue weighted by molar-refractivity contribution is 5.93. The van der Waals surface area contributed by atoms with E-state index in [1.165, 1.54) is 18.2 Å². The Bertz CT molecular complexity index is 760. The third-order valence-electron chi connectivity index (χ3n) is 3.84. The van der Waals surface area contributed by atoms with Crippen molar-refractivity contribution >= 4 is 5.71 Å². The van der Waals surface area contributed by atoms with Crippen molar-refractivity contribution in [1.82, 2.24) is 0 Å². The molecule has 0 aliphatic carbocycles. The fourth-order valence-corrected chi connectivity index (χ4v) is 2.20. The van der Waals surface area contributed by atoms with Gasteiger partial charge in [0.1, 0.15) is 5.71 Å². The van der Waals surface area contributed by atoms with E-state index in [9.17, 15) is 53.4 Å². The number of halogens is 11. The second-order valence-electron chi connectivity index (χ2n) is 5.75. The van der Waals surface area contributed by atoms with Crippen LogP contribution in [-0.4, -0.2) is 40.7 Å². The maximum Gasteiger partial charge on any atom is 0.460 e. The topological polar surface area (TPSA) is 41.8 Å². The Kier molecular flexibility index (Phi) is 4.90. The van der Waals surface area contributed by atoms with Gasteiger partial charge in [-0.2, -0.15) is 48.3 Å². The third-order valence-corrected chi connectivity index (χ3v) is 3.84. The van der Waals surface area contributed by atoms with Crippen LogP contribution in [0.25, 0.3) is 0 Å². The van der Waals surface area contributed by atoms with Crippen molar-refractivity contribution in [3.05, 3.63) is 35.9 Å². The Morgan fingerprint density at radius 3 is 1.75 bits per heavy atom. The van der Waals surface area contributed by atoms with Gasteiger partial charge in [0.25, 0.3) is 5.79 Å². The summed E-state index contributed by atoms with van der Waals surface area (Å²) in [4.78, 5) is 4.16. The van der Waals surface area contributed by atoms with Crippen LogP contribution in [0.4, 0.5) is 48.3 Å². The number of hydrogen-bond acceptors (Lipinski definition) is 3. The molecule has 2 rings (SSSR count). The lowest BCUT2D eigenvalue weighted by molar-refractivity contribution is -0.414. The van der Waals surface area contributed by atoms with Crippen molar-refractivity contribution < 1.29 is 58.2 Å². The second-order valence-corrected chi connectivity index (χ2v) is 5.75. The van der Waals surface area contributed by atoms with E-state index < -0.39 is 47.8 Å². The summed E-state index contributed by atoms with van der Waals surface area (Å²) in [6.07, 6.45) is -8.96. The molecular weight excluding hydrogens is 423 g/mol. The summed E-state index contributed by atoms with van der Waals surface area (Å²) in [5.74, 6) is -31.5. The van der Waals surface area contributed by atoms with Crippen LogP contribution in [0.15, 0.2) is 35.5 Å². The van der Waals surface area contributed by atoms with Crippen molar-refractivity contribution in [3.63, 3.8) is 0 Å². The second kappa shape index (κ2) is 6.19. The van der Waals surface area contributed by atoms with Crippen molar-refractivity contribution in [2.45, 2.75) is 42.1 Å². The fraction of sp³-hybridized carbons (Fsp3) is 0.500. The van der Waals surface area contributed by atoms with Gasteiger partial charge in [-0.25, -0.2) is 0 Å². The molecule has 3 nitrogen and oxygen atoms in total. The number of alkyl halides is 11. The van der Waals surface area contributed by atoms with Crippen molar-refractivity contribution in [3.8, 4) is 0 Å². The van der Waals surface area contributed by atoms with Crippen LogP contribution in [0.3, 0.4) is 0 Å². The lowest BCUT2D eigenvalue weighted by Crippen LogP contribution is -2.68. The highest BCUT2D eigenvalue weighted by Crippen LogP contribution is 2.58. The molecule has 1 aromatic rings. The van der Waals surface area contributed by atoms with Gasteiger partial charge in [0.2, 0.25) is 0 Å². The molecule has 1 aliphatic heterocycles. The van der Waals surface area contributed by atoms with Gasteiger partial charge < -0.3 is 9.94 Å². The number of nitrogens with zero attached hydrogens (tertiary/aromatic N) is 1. The Morgan fingerprint density at radius 1 is 0.786 bits per heavy atom. The SMILES string of the molecule is OC1(c2ccccc2)CC(C(F)(F)C(F)(F)C(F)(F)C(F)(F)C(F)(F)F)=NO1. The van der Waals surface area contributed by atoms with Crippen molar-refractivity contribution in [2.75, 3.05) is 0 Å². The maximum absolute atomic E-state index is 13.9. The molecule has 1 aliphatic rings. The first-order valence-electron chi connectivity index (χ1n) is 7.03. The normalized spacial score (nSPS) is 22.1. The molecule has 0 fully saturated rings. The summed E-state index contributed by atoms with van der Waals surface area (Å²) in [6, 6.07) is 5.94. The Morgan fingerprint density at radius 2 is 1.29 bits per heavy atom. The molecular formula is C14H8F11NO2. The molecule has 158 valence electrons. The van der Waals surface area contributed by atoms with E-state index in [1.54, 1.807) is 0 Å². The molecule has 0 aromatic heterocycles. The van der Waals surface area contributed by atoms with Crippen LogP contribution in [0.2, 0.25) is 0 Å². The molecule has 0 radical (unpaired) electrons. The quantitative estimate of drug-likeness (QED) is 0.687. The molecule has 0 bridgehead atoms. The minimum absolute atomic E-state index is 0.347. The Balaban J connectivity index is 2.41. The molecule has 1 atom stereocenters. The highest BCUT2D eigenvalue weighted by atomic mass is 19.4. The smallest absolute Gasteiger partial charge is 0.355 e. The number of benzene rings is 1. The highest BCUT2D eigenvalue weighted by Gasteiger charge is 2.88. The van der Waals surface area contributed by atoms with Crippen LogP contribution >= 0.6 is 0 Å². The summed E-state index contributed by atoms with van der Waals surface area (Å²) in [7, 11) is 0. The Labute approximate surface area is 148 Å². The molecule has 28 heavy (non-hydrogen) atoms. The summed E-state index contributed by atoms with van der Waals surface area (Å²) in [5.41, 5.74) is -2.69. The van der Waals surface area contributed by atoms with E-state index in [1.807, 2.05) is 0 Å². The van der Waals surface area contributed by atoms with Gasteiger partial charge in [-0.3, -0.25) is 0 Å². The molecule has 0 saturated heterocycles. The minimum Gasteiger partial charge on any atom is -0.355 e. The zero-order valence-corrected chi connectivity index (χ0v) is 13.1. The van der Waals surface area contributed by atoms with Gasteiger partial charge >= 0.3 is 29.9 Å². The summed E-state index contributed by atoms with van der Waals surface area (Å²) >= 11 is 0. The molecule has 1 N–H and O–H groups in total. The lowest BCUT2D eigenvalue weighted by Gasteiger charge is -2.37. The predicted molar refractivity (Wildman–Crippen MR) is 69.3 cm³/mol. The molecule has 14 heteroatoms. The van der Waals surface area contributed by atoms with E-state index in [4.69, 9.17) is 0 Å². The van der Waals surface area contributed by atoms with Gasteiger partial charge in [0.15, 0.2) is 0 Å². The number of aliphatic hydroxyl groups is 1. The van der Waals surface area contributed by atoms with Gasteiger partial charge in [0.05, 0.1) is 6.42 Å². The number of oxime groups is 1. The van der Waals surface area contributed by atoms with Crippen molar-refractivity contribution in [1.29, 1.82) is 0 Å². The molecule has 1 aromatic carbocycles. The summed E-state index contributed by atoms with van der Waals surface area (Å²) < 4.78 is 144. The van der Waals surface area contributed by atoms with Crippen LogP contribution in [0.5, 0.6) is 0 Å². The first kappa shape index (κ1) is 22.2. The summed E-state index contributed by atoms with van der Waals surface area (Å²) in [6.45, 7) is 0. The first-order chi connectivity index (χ1) is 12.4. The van der Waals surface area contributed by atoms with Gasteiger partial charge in [0, 0.05) is 5.56 Å². The third kappa shape index (κ3) is 2.97. The average Bonchev–Trinajstić information content (AvgIpc) is 2.98. The van der Waals surface area contributed by atoms with Crippen LogP contribution < -0.4 is 0 Å². The van der Waals surface area contributed by atoms with Gasteiger partial charge in [-0.05, 0) is 0 Å². The lowest BCUT2D eigenvalue weighted by atomic mass is 9.91. The van der Waals surface area contributed by atoms with E-state index in [0.29, 0.717) is 0 Å². The molecule has 1 heterocycles. The number of rotatable bonds is 5. The molecule has 0 amide bonds. The standard InChI is InChI=1S/C14H8F11NO2/c15-10(16,11(17,18)12(19,20)13(21,22)14(23,24)25)8-6-9(27,28-26-8)7-4-2-1-3-5-7/h1-5,27H,6H2. The largest absolute Gasteiger partial charge is 0.460 e. The van der Waals surface area contributed by atoms with Crippen LogP contribution in [-0.2, 0) is 10.6 Å².